The molecule has 0 spiro atoms. The molecule has 2 N–H and O–H groups in total. The highest BCUT2D eigenvalue weighted by atomic mass is 16.5. The Balaban J connectivity index is 1.97. The molecule has 1 aliphatic heterocycles. The van der Waals surface area contributed by atoms with Gasteiger partial charge in [-0.15, -0.1) is 0 Å². The number of hydrogen-bond acceptors (Lipinski definition) is 5. The minimum Gasteiger partial charge on any atom is -0.430 e. The van der Waals surface area contributed by atoms with Gasteiger partial charge in [-0.1, -0.05) is 37.5 Å². The molecule has 1 heterocycles. The quantitative estimate of drug-likeness (QED) is 0.331. The summed E-state index contributed by atoms with van der Waals surface area (Å²) in [6.07, 6.45) is 12.9. The van der Waals surface area contributed by atoms with E-state index >= 15 is 0 Å². The van der Waals surface area contributed by atoms with Crippen LogP contribution in [0.3, 0.4) is 0 Å². The van der Waals surface area contributed by atoms with E-state index in [0.717, 1.165) is 44.1 Å². The molecule has 1 fully saturated rings. The number of unbranched alkanes of at least 4 members (excludes halogenated alkanes) is 2. The molecule has 4 atom stereocenters. The molecular formula is C26H40O5. The van der Waals surface area contributed by atoms with Gasteiger partial charge in [-0.2, -0.15) is 0 Å². The summed E-state index contributed by atoms with van der Waals surface area (Å²) in [5.74, 6) is 0.527. The van der Waals surface area contributed by atoms with E-state index < -0.39 is 24.6 Å². The van der Waals surface area contributed by atoms with Crippen molar-refractivity contribution in [3.8, 4) is 0 Å². The molecule has 0 aromatic carbocycles. The topological polar surface area (TPSA) is 76.0 Å². The van der Waals surface area contributed by atoms with Crippen LogP contribution in [0.1, 0.15) is 73.1 Å². The Morgan fingerprint density at radius 3 is 2.61 bits per heavy atom. The molecule has 0 aromatic heterocycles. The SMILES string of the molecule is CCCCCC1=CC2OC(C)(C)C3CCC(C)=CC3C2C(OC(=O)C(C)(CO)CO)=C1. The molecule has 0 radical (unpaired) electrons. The van der Waals surface area contributed by atoms with E-state index in [1.165, 1.54) is 12.5 Å². The van der Waals surface area contributed by atoms with Crippen LogP contribution in [0.5, 0.6) is 0 Å². The van der Waals surface area contributed by atoms with Gasteiger partial charge in [0.15, 0.2) is 0 Å². The van der Waals surface area contributed by atoms with E-state index in [9.17, 15) is 15.0 Å². The molecule has 4 unspecified atom stereocenters. The van der Waals surface area contributed by atoms with E-state index in [4.69, 9.17) is 9.47 Å². The van der Waals surface area contributed by atoms with Gasteiger partial charge in [-0.25, -0.2) is 0 Å². The second-order valence-corrected chi connectivity index (χ2v) is 10.5. The van der Waals surface area contributed by atoms with Gasteiger partial charge in [0.05, 0.1) is 30.8 Å². The number of carbonyl (C=O) groups is 1. The van der Waals surface area contributed by atoms with Crippen molar-refractivity contribution in [2.75, 3.05) is 13.2 Å². The summed E-state index contributed by atoms with van der Waals surface area (Å²) < 4.78 is 12.6. The second kappa shape index (κ2) is 9.60. The zero-order valence-electron chi connectivity index (χ0n) is 19.8. The summed E-state index contributed by atoms with van der Waals surface area (Å²) >= 11 is 0. The number of aliphatic hydroxyl groups excluding tert-OH is 2. The number of rotatable bonds is 8. The van der Waals surface area contributed by atoms with Gasteiger partial charge in [0.1, 0.15) is 11.2 Å². The predicted octanol–water partition coefficient (Wildman–Crippen LogP) is 4.69. The largest absolute Gasteiger partial charge is 0.430 e. The lowest BCUT2D eigenvalue weighted by atomic mass is 9.62. The Morgan fingerprint density at radius 1 is 1.26 bits per heavy atom. The lowest BCUT2D eigenvalue weighted by Crippen LogP contribution is -2.54. The number of allylic oxidation sites excluding steroid dienone is 4. The Labute approximate surface area is 187 Å². The van der Waals surface area contributed by atoms with Crippen LogP contribution in [-0.4, -0.2) is 41.1 Å². The summed E-state index contributed by atoms with van der Waals surface area (Å²) in [6, 6.07) is 0. The van der Waals surface area contributed by atoms with E-state index in [1.807, 2.05) is 6.08 Å². The average Bonchev–Trinajstić information content (AvgIpc) is 2.72. The van der Waals surface area contributed by atoms with Crippen molar-refractivity contribution in [1.29, 1.82) is 0 Å². The minimum atomic E-state index is -1.33. The molecule has 5 heteroatoms. The fourth-order valence-electron chi connectivity index (χ4n) is 5.27. The predicted molar refractivity (Wildman–Crippen MR) is 121 cm³/mol. The number of hydrogen-bond donors (Lipinski definition) is 2. The fourth-order valence-corrected chi connectivity index (χ4v) is 5.27. The van der Waals surface area contributed by atoms with Gasteiger partial charge < -0.3 is 19.7 Å². The lowest BCUT2D eigenvalue weighted by molar-refractivity contribution is -0.179. The summed E-state index contributed by atoms with van der Waals surface area (Å²) in [5.41, 5.74) is 0.923. The lowest BCUT2D eigenvalue weighted by Gasteiger charge is -2.53. The Bertz CT molecular complexity index is 756. The average molecular weight is 433 g/mol. The van der Waals surface area contributed by atoms with Gasteiger partial charge in [-0.3, -0.25) is 4.79 Å². The summed E-state index contributed by atoms with van der Waals surface area (Å²) in [4.78, 5) is 12.9. The molecular weight excluding hydrogens is 392 g/mol. The highest BCUT2D eigenvalue weighted by molar-refractivity contribution is 5.78. The first-order chi connectivity index (χ1) is 14.6. The molecule has 174 valence electrons. The van der Waals surface area contributed by atoms with E-state index in [1.54, 1.807) is 0 Å². The van der Waals surface area contributed by atoms with Gasteiger partial charge >= 0.3 is 5.97 Å². The molecule has 2 aliphatic carbocycles. The van der Waals surface area contributed by atoms with Gasteiger partial charge in [0, 0.05) is 0 Å². The smallest absolute Gasteiger partial charge is 0.321 e. The van der Waals surface area contributed by atoms with Crippen LogP contribution >= 0.6 is 0 Å². The van der Waals surface area contributed by atoms with E-state index in [2.05, 4.69) is 39.8 Å². The van der Waals surface area contributed by atoms with Crippen molar-refractivity contribution in [3.05, 3.63) is 35.1 Å². The zero-order chi connectivity index (χ0) is 22.8. The van der Waals surface area contributed by atoms with Crippen LogP contribution < -0.4 is 0 Å². The molecule has 0 saturated carbocycles. The van der Waals surface area contributed by atoms with Crippen molar-refractivity contribution in [1.82, 2.24) is 0 Å². The molecule has 3 aliphatic rings. The Kier molecular flexibility index (Phi) is 7.50. The van der Waals surface area contributed by atoms with Crippen molar-refractivity contribution < 1.29 is 24.5 Å². The minimum absolute atomic E-state index is 0.0752. The van der Waals surface area contributed by atoms with Gasteiger partial charge in [0.2, 0.25) is 0 Å². The molecule has 5 nitrogen and oxygen atoms in total. The number of ether oxygens (including phenoxy) is 2. The van der Waals surface area contributed by atoms with Crippen molar-refractivity contribution in [2.24, 2.45) is 23.2 Å². The Morgan fingerprint density at radius 2 is 1.97 bits per heavy atom. The maximum Gasteiger partial charge on any atom is 0.321 e. The molecule has 31 heavy (non-hydrogen) atoms. The van der Waals surface area contributed by atoms with Crippen LogP contribution in [0.2, 0.25) is 0 Å². The Hall–Kier alpha value is -1.43. The highest BCUT2D eigenvalue weighted by Gasteiger charge is 2.52. The fraction of sp³-hybridized carbons (Fsp3) is 0.731. The molecule has 0 amide bonds. The first kappa shape index (κ1) is 24.2. The van der Waals surface area contributed by atoms with Crippen LogP contribution in [0.15, 0.2) is 35.1 Å². The van der Waals surface area contributed by atoms with Crippen molar-refractivity contribution in [3.63, 3.8) is 0 Å². The first-order valence-corrected chi connectivity index (χ1v) is 11.9. The van der Waals surface area contributed by atoms with Crippen molar-refractivity contribution >= 4 is 5.97 Å². The first-order valence-electron chi connectivity index (χ1n) is 11.9. The number of carbonyl (C=O) groups excluding carboxylic acids is 1. The summed E-state index contributed by atoms with van der Waals surface area (Å²) in [6.45, 7) is 9.32. The molecule has 0 bridgehead atoms. The number of esters is 1. The third-order valence-electron chi connectivity index (χ3n) is 7.40. The van der Waals surface area contributed by atoms with Crippen LogP contribution in [-0.2, 0) is 14.3 Å². The molecule has 1 saturated heterocycles. The second-order valence-electron chi connectivity index (χ2n) is 10.5. The third-order valence-corrected chi connectivity index (χ3v) is 7.40. The van der Waals surface area contributed by atoms with E-state index in [0.29, 0.717) is 11.7 Å². The van der Waals surface area contributed by atoms with Crippen molar-refractivity contribution in [2.45, 2.75) is 84.8 Å². The van der Waals surface area contributed by atoms with Crippen LogP contribution in [0.25, 0.3) is 0 Å². The van der Waals surface area contributed by atoms with E-state index in [-0.39, 0.29) is 23.5 Å². The van der Waals surface area contributed by atoms with Gasteiger partial charge in [0.25, 0.3) is 0 Å². The molecule has 3 rings (SSSR count). The normalized spacial score (nSPS) is 29.8. The maximum atomic E-state index is 12.9. The van der Waals surface area contributed by atoms with Gasteiger partial charge in [-0.05, 0) is 76.9 Å². The van der Waals surface area contributed by atoms with Crippen LogP contribution in [0.4, 0.5) is 0 Å². The van der Waals surface area contributed by atoms with Crippen LogP contribution in [0, 0.1) is 23.2 Å². The zero-order valence-corrected chi connectivity index (χ0v) is 19.8. The standard InChI is InChI=1S/C26H40O5/c1-6-7-8-9-18-13-21(30-24(29)26(5,15-27)16-28)23-19-12-17(2)10-11-20(19)25(3,4)31-22(23)14-18/h12-14,19-20,22-23,27-28H,6-11,15-16H2,1-5H3. The highest BCUT2D eigenvalue weighted by Crippen LogP contribution is 2.52. The maximum absolute atomic E-state index is 12.9. The summed E-state index contributed by atoms with van der Waals surface area (Å²) in [5, 5.41) is 19.4. The number of fused-ring (bicyclic) bond motifs is 3. The summed E-state index contributed by atoms with van der Waals surface area (Å²) in [7, 11) is 0. The molecule has 0 aromatic rings. The third kappa shape index (κ3) is 4.99. The number of aliphatic hydroxyl groups is 2. The monoisotopic (exact) mass is 432 g/mol.